The number of benzene rings is 1. The molecular formula is C26H30N6O2. The average Bonchev–Trinajstić information content (AvgIpc) is 3.24. The number of aryl methyl sites for hydroxylation is 3. The van der Waals surface area contributed by atoms with Gasteiger partial charge in [0.25, 0.3) is 0 Å². The van der Waals surface area contributed by atoms with Crippen LogP contribution in [0, 0.1) is 20.8 Å². The van der Waals surface area contributed by atoms with Gasteiger partial charge in [-0.1, -0.05) is 29.8 Å². The molecule has 0 aliphatic rings. The third kappa shape index (κ3) is 4.92. The van der Waals surface area contributed by atoms with Crippen molar-refractivity contribution in [3.63, 3.8) is 0 Å². The zero-order chi connectivity index (χ0) is 24.5. The van der Waals surface area contributed by atoms with Crippen molar-refractivity contribution < 1.29 is 9.84 Å². The molecule has 0 aliphatic carbocycles. The number of aliphatic hydroxyl groups is 1. The predicted octanol–water partition coefficient (Wildman–Crippen LogP) is 4.58. The molecule has 0 aliphatic heterocycles. The van der Waals surface area contributed by atoms with Crippen molar-refractivity contribution in [3.8, 4) is 23.0 Å². The molecule has 3 heterocycles. The number of aromatic nitrogens is 5. The van der Waals surface area contributed by atoms with E-state index < -0.39 is 5.60 Å². The van der Waals surface area contributed by atoms with Gasteiger partial charge in [-0.25, -0.2) is 9.97 Å². The lowest BCUT2D eigenvalue weighted by molar-refractivity contribution is 0.0587. The number of hydrogen-bond donors (Lipinski definition) is 2. The first-order valence-corrected chi connectivity index (χ1v) is 11.1. The molecule has 4 aromatic rings. The standard InChI is InChI=1S/C26H30N6O2/c1-16-7-9-19(10-8-16)23(26(4,5)33)29-24-17(2)13-21(30-31-24)20-11-12-22(25(28-20)34-6)32-14-18(3)27-15-32/h7-15,23,33H,1-6H3,(H,29,31)/t23-/m1/s1. The van der Waals surface area contributed by atoms with Gasteiger partial charge in [-0.05, 0) is 63.9 Å². The normalized spacial score (nSPS) is 12.4. The van der Waals surface area contributed by atoms with Crippen molar-refractivity contribution in [2.45, 2.75) is 46.3 Å². The van der Waals surface area contributed by atoms with E-state index in [1.807, 2.05) is 74.0 Å². The van der Waals surface area contributed by atoms with Crippen molar-refractivity contribution >= 4 is 5.82 Å². The van der Waals surface area contributed by atoms with Crippen LogP contribution in [-0.2, 0) is 0 Å². The van der Waals surface area contributed by atoms with Crippen LogP contribution in [0.3, 0.4) is 0 Å². The van der Waals surface area contributed by atoms with E-state index in [1.165, 1.54) is 0 Å². The minimum absolute atomic E-state index is 0.358. The van der Waals surface area contributed by atoms with Crippen LogP contribution < -0.4 is 10.1 Å². The SMILES string of the molecule is COc1nc(-c2cc(C)c(N[C@H](c3ccc(C)cc3)C(C)(C)O)nn2)ccc1-n1cnc(C)c1. The quantitative estimate of drug-likeness (QED) is 0.418. The number of anilines is 1. The minimum Gasteiger partial charge on any atom is -0.479 e. The molecule has 4 rings (SSSR count). The van der Waals surface area contributed by atoms with Crippen LogP contribution in [0.25, 0.3) is 17.1 Å². The monoisotopic (exact) mass is 458 g/mol. The number of ether oxygens (including phenoxy) is 1. The minimum atomic E-state index is -1.02. The first kappa shape index (κ1) is 23.4. The van der Waals surface area contributed by atoms with Gasteiger partial charge in [0.15, 0.2) is 5.82 Å². The third-order valence-corrected chi connectivity index (χ3v) is 5.67. The zero-order valence-corrected chi connectivity index (χ0v) is 20.4. The molecule has 0 saturated heterocycles. The van der Waals surface area contributed by atoms with Gasteiger partial charge >= 0.3 is 0 Å². The van der Waals surface area contributed by atoms with E-state index in [2.05, 4.69) is 25.5 Å². The van der Waals surface area contributed by atoms with Crippen molar-refractivity contribution in [1.82, 2.24) is 24.7 Å². The second-order valence-electron chi connectivity index (χ2n) is 9.05. The third-order valence-electron chi connectivity index (χ3n) is 5.67. The molecule has 8 heteroatoms. The van der Waals surface area contributed by atoms with Crippen LogP contribution in [0.15, 0.2) is 55.0 Å². The van der Waals surface area contributed by atoms with E-state index in [1.54, 1.807) is 27.3 Å². The topological polar surface area (TPSA) is 98.0 Å². The number of pyridine rings is 1. The van der Waals surface area contributed by atoms with Gasteiger partial charge in [-0.2, -0.15) is 0 Å². The zero-order valence-electron chi connectivity index (χ0n) is 20.4. The Hall–Kier alpha value is -3.78. The Labute approximate surface area is 199 Å². The predicted molar refractivity (Wildman–Crippen MR) is 132 cm³/mol. The second kappa shape index (κ2) is 9.23. The van der Waals surface area contributed by atoms with Crippen LogP contribution in [0.2, 0.25) is 0 Å². The van der Waals surface area contributed by atoms with Gasteiger partial charge in [0.2, 0.25) is 5.88 Å². The molecule has 3 aromatic heterocycles. The van der Waals surface area contributed by atoms with E-state index in [-0.39, 0.29) is 6.04 Å². The molecule has 0 saturated carbocycles. The van der Waals surface area contributed by atoms with E-state index >= 15 is 0 Å². The number of hydrogen-bond acceptors (Lipinski definition) is 7. The molecule has 1 aromatic carbocycles. The Morgan fingerprint density at radius 1 is 1.00 bits per heavy atom. The Morgan fingerprint density at radius 3 is 2.32 bits per heavy atom. The van der Waals surface area contributed by atoms with Crippen molar-refractivity contribution in [3.05, 3.63) is 77.4 Å². The van der Waals surface area contributed by atoms with Crippen LogP contribution in [0.4, 0.5) is 5.82 Å². The van der Waals surface area contributed by atoms with E-state index in [9.17, 15) is 5.11 Å². The van der Waals surface area contributed by atoms with Crippen LogP contribution in [-0.4, -0.2) is 42.5 Å². The lowest BCUT2D eigenvalue weighted by Crippen LogP contribution is -2.35. The molecule has 8 nitrogen and oxygen atoms in total. The highest BCUT2D eigenvalue weighted by atomic mass is 16.5. The summed E-state index contributed by atoms with van der Waals surface area (Å²) in [6.45, 7) is 9.48. The Bertz CT molecular complexity index is 1290. The summed E-state index contributed by atoms with van der Waals surface area (Å²) in [5, 5.41) is 23.0. The van der Waals surface area contributed by atoms with Gasteiger partial charge in [-0.15, -0.1) is 10.2 Å². The molecule has 0 fully saturated rings. The summed E-state index contributed by atoms with van der Waals surface area (Å²) in [7, 11) is 1.59. The lowest BCUT2D eigenvalue weighted by atomic mass is 9.91. The van der Waals surface area contributed by atoms with Crippen LogP contribution >= 0.6 is 0 Å². The molecule has 176 valence electrons. The summed E-state index contributed by atoms with van der Waals surface area (Å²) in [6, 6.07) is 13.5. The maximum absolute atomic E-state index is 10.8. The molecule has 0 radical (unpaired) electrons. The van der Waals surface area contributed by atoms with Gasteiger partial charge in [0.1, 0.15) is 11.4 Å². The van der Waals surface area contributed by atoms with Crippen LogP contribution in [0.1, 0.15) is 42.3 Å². The van der Waals surface area contributed by atoms with Crippen LogP contribution in [0.5, 0.6) is 5.88 Å². The Balaban J connectivity index is 1.63. The molecule has 0 unspecified atom stereocenters. The van der Waals surface area contributed by atoms with Gasteiger partial charge in [0.05, 0.1) is 36.5 Å². The second-order valence-corrected chi connectivity index (χ2v) is 9.05. The number of rotatable bonds is 7. The van der Waals surface area contributed by atoms with E-state index in [4.69, 9.17) is 4.74 Å². The summed E-state index contributed by atoms with van der Waals surface area (Å²) in [5.41, 5.74) is 4.99. The average molecular weight is 459 g/mol. The van der Waals surface area contributed by atoms with Crippen molar-refractivity contribution in [2.24, 2.45) is 0 Å². The smallest absolute Gasteiger partial charge is 0.238 e. The Kier molecular flexibility index (Phi) is 6.34. The summed E-state index contributed by atoms with van der Waals surface area (Å²) in [6.07, 6.45) is 3.64. The molecule has 0 amide bonds. The molecule has 34 heavy (non-hydrogen) atoms. The fraction of sp³-hybridized carbons (Fsp3) is 0.308. The van der Waals surface area contributed by atoms with Gasteiger partial charge in [-0.3, -0.25) is 0 Å². The molecule has 2 N–H and O–H groups in total. The van der Waals surface area contributed by atoms with E-state index in [0.717, 1.165) is 28.1 Å². The van der Waals surface area contributed by atoms with Crippen molar-refractivity contribution in [1.29, 1.82) is 0 Å². The first-order chi connectivity index (χ1) is 16.2. The molecule has 0 spiro atoms. The molecular weight excluding hydrogens is 428 g/mol. The number of nitrogens with one attached hydrogen (secondary N) is 1. The maximum atomic E-state index is 10.8. The Morgan fingerprint density at radius 2 is 1.74 bits per heavy atom. The first-order valence-electron chi connectivity index (χ1n) is 11.1. The largest absolute Gasteiger partial charge is 0.479 e. The summed E-state index contributed by atoms with van der Waals surface area (Å²) in [4.78, 5) is 8.91. The van der Waals surface area contributed by atoms with Gasteiger partial charge < -0.3 is 19.7 Å². The van der Waals surface area contributed by atoms with E-state index in [0.29, 0.717) is 23.1 Å². The fourth-order valence-corrected chi connectivity index (χ4v) is 3.79. The number of methoxy groups -OCH3 is 1. The lowest BCUT2D eigenvalue weighted by Gasteiger charge is -2.31. The molecule has 1 atom stereocenters. The highest BCUT2D eigenvalue weighted by Gasteiger charge is 2.29. The maximum Gasteiger partial charge on any atom is 0.238 e. The highest BCUT2D eigenvalue weighted by molar-refractivity contribution is 5.61. The molecule has 0 bridgehead atoms. The fourth-order valence-electron chi connectivity index (χ4n) is 3.79. The number of nitrogens with zero attached hydrogens (tertiary/aromatic N) is 5. The number of imidazole rings is 1. The van der Waals surface area contributed by atoms with Crippen molar-refractivity contribution in [2.75, 3.05) is 12.4 Å². The highest BCUT2D eigenvalue weighted by Crippen LogP contribution is 2.31. The summed E-state index contributed by atoms with van der Waals surface area (Å²) < 4.78 is 7.40. The summed E-state index contributed by atoms with van der Waals surface area (Å²) in [5.74, 6) is 1.08. The summed E-state index contributed by atoms with van der Waals surface area (Å²) >= 11 is 0. The van der Waals surface area contributed by atoms with Gasteiger partial charge in [0, 0.05) is 6.20 Å².